The highest BCUT2D eigenvalue weighted by Gasteiger charge is 2.85. The van der Waals surface area contributed by atoms with Crippen molar-refractivity contribution in [2.24, 2.45) is 4.99 Å². The maximum absolute atomic E-state index is 13.3. The average Bonchev–Trinajstić information content (AvgIpc) is 2.37. The van der Waals surface area contributed by atoms with Gasteiger partial charge in [-0.25, -0.2) is 0 Å². The Balaban J connectivity index is 3.24. The van der Waals surface area contributed by atoms with Crippen molar-refractivity contribution in [1.82, 2.24) is 4.72 Å². The standard InChI is InChI=1S/C9H9F9N2O2S/c10-6(11,8(14,15)16)7(12,13)9(17,18)23(21,22)20-5-3-1-2-4-19-5/h1-4H2,(H,19,20). The highest BCUT2D eigenvalue weighted by atomic mass is 32.2. The minimum Gasteiger partial charge on any atom is -0.272 e. The minimum atomic E-state index is -7.27. The molecule has 1 aliphatic rings. The van der Waals surface area contributed by atoms with Crippen molar-refractivity contribution in [1.29, 1.82) is 0 Å². The number of nitrogens with zero attached hydrogens (tertiary/aromatic N) is 1. The average molecular weight is 380 g/mol. The second kappa shape index (κ2) is 5.70. The Labute approximate surface area is 123 Å². The van der Waals surface area contributed by atoms with Gasteiger partial charge in [-0.2, -0.15) is 47.9 Å². The number of alkyl halides is 9. The van der Waals surface area contributed by atoms with Crippen LogP contribution in [0.4, 0.5) is 39.5 Å². The molecular formula is C9H9F9N2O2S. The molecule has 0 saturated carbocycles. The number of aliphatic imine (C=N–C) groups is 1. The van der Waals surface area contributed by atoms with Crippen LogP contribution in [0.2, 0.25) is 0 Å². The van der Waals surface area contributed by atoms with E-state index in [0.717, 1.165) is 4.72 Å². The molecule has 0 radical (unpaired) electrons. The SMILES string of the molecule is O=S(=O)(NC1=NCCCC1)C(F)(F)C(F)(F)C(F)(F)C(F)(F)F. The first kappa shape index (κ1) is 19.8. The van der Waals surface area contributed by atoms with Gasteiger partial charge in [-0.05, 0) is 12.8 Å². The molecule has 136 valence electrons. The Hall–Kier alpha value is -1.21. The molecule has 0 aromatic heterocycles. The third kappa shape index (κ3) is 3.21. The predicted molar refractivity (Wildman–Crippen MR) is 59.1 cm³/mol. The molecular weight excluding hydrogens is 371 g/mol. The van der Waals surface area contributed by atoms with Gasteiger partial charge in [0.05, 0.1) is 0 Å². The maximum atomic E-state index is 13.3. The Morgan fingerprint density at radius 3 is 1.78 bits per heavy atom. The van der Waals surface area contributed by atoms with Gasteiger partial charge in [-0.1, -0.05) is 0 Å². The van der Waals surface area contributed by atoms with Gasteiger partial charge in [-0.3, -0.25) is 9.71 Å². The quantitative estimate of drug-likeness (QED) is 0.763. The molecule has 0 bridgehead atoms. The van der Waals surface area contributed by atoms with Gasteiger partial charge in [0.2, 0.25) is 0 Å². The summed E-state index contributed by atoms with van der Waals surface area (Å²) in [5, 5.41) is -6.74. The summed E-state index contributed by atoms with van der Waals surface area (Å²) >= 11 is 0. The first-order valence-electron chi connectivity index (χ1n) is 5.84. The summed E-state index contributed by atoms with van der Waals surface area (Å²) in [5.41, 5.74) is 0. The van der Waals surface area contributed by atoms with Gasteiger partial charge < -0.3 is 0 Å². The monoisotopic (exact) mass is 380 g/mol. The zero-order valence-corrected chi connectivity index (χ0v) is 11.7. The fourth-order valence-corrected chi connectivity index (χ4v) is 2.60. The van der Waals surface area contributed by atoms with Crippen LogP contribution >= 0.6 is 0 Å². The van der Waals surface area contributed by atoms with Gasteiger partial charge in [0.25, 0.3) is 0 Å². The molecule has 1 rings (SSSR count). The first-order valence-corrected chi connectivity index (χ1v) is 7.32. The van der Waals surface area contributed by atoms with Gasteiger partial charge >= 0.3 is 33.3 Å². The smallest absolute Gasteiger partial charge is 0.272 e. The van der Waals surface area contributed by atoms with E-state index in [0.29, 0.717) is 6.42 Å². The van der Waals surface area contributed by atoms with Crippen LogP contribution in [0.1, 0.15) is 19.3 Å². The second-order valence-corrected chi connectivity index (χ2v) is 6.28. The molecule has 23 heavy (non-hydrogen) atoms. The molecule has 1 N–H and O–H groups in total. The number of hydrogen-bond donors (Lipinski definition) is 1. The van der Waals surface area contributed by atoms with Crippen molar-refractivity contribution in [3.8, 4) is 0 Å². The summed E-state index contributed by atoms with van der Waals surface area (Å²) in [7, 11) is -6.60. The van der Waals surface area contributed by atoms with Crippen molar-refractivity contribution in [3.63, 3.8) is 0 Å². The number of amidine groups is 1. The van der Waals surface area contributed by atoms with E-state index in [1.165, 1.54) is 0 Å². The van der Waals surface area contributed by atoms with Crippen LogP contribution in [-0.4, -0.2) is 44.1 Å². The van der Waals surface area contributed by atoms with Crippen LogP contribution in [-0.2, 0) is 10.0 Å². The molecule has 1 heterocycles. The molecule has 0 atom stereocenters. The molecule has 0 amide bonds. The fraction of sp³-hybridized carbons (Fsp3) is 0.889. The fourth-order valence-electron chi connectivity index (χ4n) is 1.53. The third-order valence-electron chi connectivity index (χ3n) is 2.83. The third-order valence-corrected chi connectivity index (χ3v) is 4.27. The zero-order chi connectivity index (χ0) is 18.3. The van der Waals surface area contributed by atoms with Crippen molar-refractivity contribution in [2.45, 2.75) is 42.5 Å². The Kier molecular flexibility index (Phi) is 4.92. The lowest BCUT2D eigenvalue weighted by Gasteiger charge is -2.33. The summed E-state index contributed by atoms with van der Waals surface area (Å²) < 4.78 is 137. The van der Waals surface area contributed by atoms with E-state index < -0.39 is 39.1 Å². The lowest BCUT2D eigenvalue weighted by Crippen LogP contribution is -2.65. The van der Waals surface area contributed by atoms with E-state index in [9.17, 15) is 47.9 Å². The van der Waals surface area contributed by atoms with E-state index >= 15 is 0 Å². The lowest BCUT2D eigenvalue weighted by molar-refractivity contribution is -0.382. The van der Waals surface area contributed by atoms with Gasteiger partial charge in [0, 0.05) is 13.0 Å². The van der Waals surface area contributed by atoms with Gasteiger partial charge in [0.15, 0.2) is 0 Å². The molecule has 0 fully saturated rings. The highest BCUT2D eigenvalue weighted by molar-refractivity contribution is 7.91. The lowest BCUT2D eigenvalue weighted by atomic mass is 10.1. The molecule has 4 nitrogen and oxygen atoms in total. The number of rotatable bonds is 4. The molecule has 1 aliphatic heterocycles. The number of halogens is 9. The maximum Gasteiger partial charge on any atom is 0.460 e. The van der Waals surface area contributed by atoms with Gasteiger partial charge in [-0.15, -0.1) is 0 Å². The number of nitrogens with one attached hydrogen (secondary N) is 1. The normalized spacial score (nSPS) is 18.6. The van der Waals surface area contributed by atoms with Crippen LogP contribution in [0.25, 0.3) is 0 Å². The van der Waals surface area contributed by atoms with E-state index in [2.05, 4.69) is 4.99 Å². The molecule has 0 unspecified atom stereocenters. The Morgan fingerprint density at radius 1 is 0.870 bits per heavy atom. The summed E-state index contributed by atoms with van der Waals surface area (Å²) in [6, 6.07) is 0. The van der Waals surface area contributed by atoms with Gasteiger partial charge in [0.1, 0.15) is 5.84 Å². The van der Waals surface area contributed by atoms with E-state index in [1.807, 2.05) is 0 Å². The van der Waals surface area contributed by atoms with Crippen LogP contribution in [0.15, 0.2) is 4.99 Å². The molecule has 0 aromatic carbocycles. The van der Waals surface area contributed by atoms with E-state index in [4.69, 9.17) is 0 Å². The van der Waals surface area contributed by atoms with Crippen molar-refractivity contribution in [2.75, 3.05) is 6.54 Å². The van der Waals surface area contributed by atoms with Crippen LogP contribution in [0.5, 0.6) is 0 Å². The largest absolute Gasteiger partial charge is 0.460 e. The zero-order valence-electron chi connectivity index (χ0n) is 10.9. The molecule has 0 aliphatic carbocycles. The topological polar surface area (TPSA) is 58.5 Å². The van der Waals surface area contributed by atoms with Crippen molar-refractivity contribution < 1.29 is 47.9 Å². The van der Waals surface area contributed by atoms with Crippen LogP contribution in [0, 0.1) is 0 Å². The summed E-state index contributed by atoms with van der Waals surface area (Å²) in [6.07, 6.45) is -6.68. The highest BCUT2D eigenvalue weighted by Crippen LogP contribution is 2.54. The number of sulfonamides is 1. The van der Waals surface area contributed by atoms with E-state index in [-0.39, 0.29) is 19.4 Å². The van der Waals surface area contributed by atoms with Crippen LogP contribution < -0.4 is 4.72 Å². The van der Waals surface area contributed by atoms with Crippen molar-refractivity contribution >= 4 is 15.9 Å². The minimum absolute atomic E-state index is 0.0431. The summed E-state index contributed by atoms with van der Waals surface area (Å²) in [4.78, 5) is 3.36. The molecule has 14 heteroatoms. The first-order chi connectivity index (χ1) is 10.1. The molecule has 0 aromatic rings. The summed E-state index contributed by atoms with van der Waals surface area (Å²) in [6.45, 7) is -0.0431. The number of hydrogen-bond acceptors (Lipinski definition) is 3. The van der Waals surface area contributed by atoms with Crippen molar-refractivity contribution in [3.05, 3.63) is 0 Å². The van der Waals surface area contributed by atoms with Crippen LogP contribution in [0.3, 0.4) is 0 Å². The molecule has 0 saturated heterocycles. The second-order valence-electron chi connectivity index (χ2n) is 4.55. The summed E-state index contributed by atoms with van der Waals surface area (Å²) in [5.74, 6) is -15.2. The Bertz CT molecular complexity index is 582. The van der Waals surface area contributed by atoms with E-state index in [1.54, 1.807) is 0 Å². The Morgan fingerprint density at radius 2 is 1.39 bits per heavy atom. The predicted octanol–water partition coefficient (Wildman–Crippen LogP) is 2.91. The molecule has 0 spiro atoms.